The average Bonchev–Trinajstić information content (AvgIpc) is 2.20. The van der Waals surface area contributed by atoms with E-state index in [0.717, 1.165) is 10.6 Å². The fraction of sp³-hybridized carbons (Fsp3) is 0.556. The molecule has 0 aromatic carbocycles. The molecule has 0 fully saturated rings. The lowest BCUT2D eigenvalue weighted by Gasteiger charge is -2.09. The fourth-order valence-corrected chi connectivity index (χ4v) is 3.42. The number of sulfone groups is 1. The summed E-state index contributed by atoms with van der Waals surface area (Å²) in [5.41, 5.74) is 3.33. The molecule has 0 amide bonds. The van der Waals surface area contributed by atoms with Crippen LogP contribution in [0.1, 0.15) is 11.4 Å². The molecule has 0 atom stereocenters. The molecule has 0 bridgehead atoms. The Morgan fingerprint density at radius 1 is 1.35 bits per heavy atom. The van der Waals surface area contributed by atoms with Crippen LogP contribution in [0.3, 0.4) is 0 Å². The van der Waals surface area contributed by atoms with Crippen molar-refractivity contribution in [2.75, 3.05) is 23.2 Å². The number of nitrogens with two attached hydrogens (primary N) is 1. The number of aryl methyl sites for hydroxylation is 1. The molecular weight excluding hydrogens is 260 g/mol. The van der Waals surface area contributed by atoms with Crippen molar-refractivity contribution in [2.24, 2.45) is 5.84 Å². The first-order valence-electron chi connectivity index (χ1n) is 4.96. The van der Waals surface area contributed by atoms with E-state index in [1.807, 2.05) is 6.92 Å². The molecule has 1 heterocycles. The van der Waals surface area contributed by atoms with Gasteiger partial charge in [-0.1, -0.05) is 0 Å². The lowest BCUT2D eigenvalue weighted by atomic mass is 10.3. The Bertz CT molecular complexity index is 502. The van der Waals surface area contributed by atoms with E-state index < -0.39 is 9.84 Å². The van der Waals surface area contributed by atoms with Crippen LogP contribution in [-0.4, -0.2) is 36.1 Å². The van der Waals surface area contributed by atoms with Crippen LogP contribution in [0.2, 0.25) is 0 Å². The van der Waals surface area contributed by atoms with Gasteiger partial charge in [0.1, 0.15) is 26.5 Å². The zero-order chi connectivity index (χ0) is 13.1. The summed E-state index contributed by atoms with van der Waals surface area (Å²) in [5.74, 6) is 7.11. The fourth-order valence-electron chi connectivity index (χ4n) is 1.17. The third kappa shape index (κ3) is 4.49. The highest BCUT2D eigenvalue weighted by atomic mass is 32.2. The third-order valence-corrected chi connectivity index (χ3v) is 4.33. The van der Waals surface area contributed by atoms with Crippen molar-refractivity contribution < 1.29 is 8.42 Å². The first-order chi connectivity index (χ1) is 7.83. The molecule has 0 aliphatic heterocycles. The molecule has 0 aliphatic carbocycles. The number of anilines is 1. The van der Waals surface area contributed by atoms with Crippen LogP contribution in [0, 0.1) is 13.8 Å². The first kappa shape index (κ1) is 14.2. The van der Waals surface area contributed by atoms with E-state index in [4.69, 9.17) is 5.84 Å². The second-order valence-corrected chi connectivity index (χ2v) is 7.02. The summed E-state index contributed by atoms with van der Waals surface area (Å²) in [6.07, 6.45) is 1.22. The number of rotatable bonds is 5. The summed E-state index contributed by atoms with van der Waals surface area (Å²) < 4.78 is 22.0. The predicted octanol–water partition coefficient (Wildman–Crippen LogP) is 0.516. The lowest BCUT2D eigenvalue weighted by Crippen LogP contribution is -2.12. The molecule has 0 radical (unpaired) electrons. The normalized spacial score (nSPS) is 11.5. The summed E-state index contributed by atoms with van der Waals surface area (Å²) in [6.45, 7) is 3.61. The number of hydrazine groups is 1. The van der Waals surface area contributed by atoms with Crippen molar-refractivity contribution in [2.45, 2.75) is 18.9 Å². The Hall–Kier alpha value is -0.860. The van der Waals surface area contributed by atoms with Crippen molar-refractivity contribution in [3.8, 4) is 0 Å². The molecule has 0 saturated carbocycles. The van der Waals surface area contributed by atoms with Gasteiger partial charge in [0.25, 0.3) is 0 Å². The molecule has 0 aliphatic rings. The summed E-state index contributed by atoms with van der Waals surface area (Å²) in [5, 5.41) is 0.758. The molecule has 6 nitrogen and oxygen atoms in total. The maximum Gasteiger partial charge on any atom is 0.148 e. The van der Waals surface area contributed by atoms with Gasteiger partial charge < -0.3 is 5.43 Å². The van der Waals surface area contributed by atoms with Gasteiger partial charge in [-0.05, 0) is 13.8 Å². The van der Waals surface area contributed by atoms with Gasteiger partial charge >= 0.3 is 0 Å². The molecule has 17 heavy (non-hydrogen) atoms. The van der Waals surface area contributed by atoms with Crippen molar-refractivity contribution in [3.05, 3.63) is 11.4 Å². The van der Waals surface area contributed by atoms with Crippen molar-refractivity contribution in [1.29, 1.82) is 0 Å². The van der Waals surface area contributed by atoms with E-state index in [0.29, 0.717) is 17.4 Å². The topological polar surface area (TPSA) is 98.0 Å². The zero-order valence-corrected chi connectivity index (χ0v) is 11.7. The Labute approximate surface area is 105 Å². The minimum absolute atomic E-state index is 0.131. The van der Waals surface area contributed by atoms with Crippen LogP contribution in [0.15, 0.2) is 5.03 Å². The van der Waals surface area contributed by atoms with Crippen molar-refractivity contribution >= 4 is 27.4 Å². The Morgan fingerprint density at radius 3 is 2.53 bits per heavy atom. The molecule has 3 N–H and O–H groups in total. The van der Waals surface area contributed by atoms with Gasteiger partial charge in [0, 0.05) is 17.6 Å². The molecule has 1 aromatic rings. The van der Waals surface area contributed by atoms with Gasteiger partial charge in [-0.2, -0.15) is 0 Å². The molecular formula is C9H16N4O2S2. The average molecular weight is 276 g/mol. The van der Waals surface area contributed by atoms with E-state index >= 15 is 0 Å². The third-order valence-electron chi connectivity index (χ3n) is 2.04. The smallest absolute Gasteiger partial charge is 0.148 e. The summed E-state index contributed by atoms with van der Waals surface area (Å²) >= 11 is 1.39. The number of aromatic nitrogens is 2. The molecule has 0 saturated heterocycles. The first-order valence-corrected chi connectivity index (χ1v) is 8.00. The second kappa shape index (κ2) is 5.65. The zero-order valence-electron chi connectivity index (χ0n) is 10.0. The number of nitrogen functional groups attached to an aromatic ring is 1. The number of nitrogens with one attached hydrogen (secondary N) is 1. The van der Waals surface area contributed by atoms with Gasteiger partial charge in [0.05, 0.1) is 5.75 Å². The number of thioether (sulfide) groups is 1. The number of hydrogen-bond donors (Lipinski definition) is 2. The van der Waals surface area contributed by atoms with Gasteiger partial charge in [-0.25, -0.2) is 24.2 Å². The largest absolute Gasteiger partial charge is 0.308 e. The Balaban J connectivity index is 2.81. The van der Waals surface area contributed by atoms with Crippen LogP contribution in [0.4, 0.5) is 5.82 Å². The number of hydrogen-bond acceptors (Lipinski definition) is 7. The molecule has 0 unspecified atom stereocenters. The summed E-state index contributed by atoms with van der Waals surface area (Å²) in [6, 6.07) is 0. The van der Waals surface area contributed by atoms with E-state index in [1.54, 1.807) is 6.92 Å². The van der Waals surface area contributed by atoms with Crippen LogP contribution in [0.25, 0.3) is 0 Å². The Morgan fingerprint density at radius 2 is 2.00 bits per heavy atom. The maximum atomic E-state index is 11.0. The van der Waals surface area contributed by atoms with Gasteiger partial charge in [-0.15, -0.1) is 11.8 Å². The van der Waals surface area contributed by atoms with Gasteiger partial charge in [0.2, 0.25) is 0 Å². The number of nitrogens with zero attached hydrogens (tertiary/aromatic N) is 2. The summed E-state index contributed by atoms with van der Waals surface area (Å²) in [7, 11) is -2.94. The van der Waals surface area contributed by atoms with Crippen LogP contribution in [-0.2, 0) is 9.84 Å². The van der Waals surface area contributed by atoms with E-state index in [-0.39, 0.29) is 5.75 Å². The molecule has 8 heteroatoms. The summed E-state index contributed by atoms with van der Waals surface area (Å²) in [4.78, 5) is 8.39. The van der Waals surface area contributed by atoms with Crippen molar-refractivity contribution in [3.63, 3.8) is 0 Å². The van der Waals surface area contributed by atoms with E-state index in [9.17, 15) is 8.42 Å². The second-order valence-electron chi connectivity index (χ2n) is 3.67. The minimum Gasteiger partial charge on any atom is -0.308 e. The highest BCUT2D eigenvalue weighted by Gasteiger charge is 2.10. The monoisotopic (exact) mass is 276 g/mol. The minimum atomic E-state index is -2.94. The van der Waals surface area contributed by atoms with Crippen LogP contribution in [0.5, 0.6) is 0 Å². The van der Waals surface area contributed by atoms with E-state index in [2.05, 4.69) is 15.4 Å². The predicted molar refractivity (Wildman–Crippen MR) is 69.8 cm³/mol. The lowest BCUT2D eigenvalue weighted by molar-refractivity contribution is 0.603. The maximum absolute atomic E-state index is 11.0. The molecule has 1 rings (SSSR count). The van der Waals surface area contributed by atoms with Crippen LogP contribution >= 0.6 is 11.8 Å². The highest BCUT2D eigenvalue weighted by molar-refractivity contribution is 8.00. The standard InChI is InChI=1S/C9H16N4O2S2/c1-6-8(13-10)11-7(2)12-9(6)16-4-5-17(3,14)15/h4-5,10H2,1-3H3,(H,11,12,13). The molecule has 1 aromatic heterocycles. The van der Waals surface area contributed by atoms with Crippen molar-refractivity contribution in [1.82, 2.24) is 9.97 Å². The SMILES string of the molecule is Cc1nc(NN)c(C)c(SCCS(C)(=O)=O)n1. The quantitative estimate of drug-likeness (QED) is 0.350. The Kier molecular flexibility index (Phi) is 4.72. The van der Waals surface area contributed by atoms with Gasteiger partial charge in [0.15, 0.2) is 0 Å². The van der Waals surface area contributed by atoms with Gasteiger partial charge in [-0.3, -0.25) is 0 Å². The highest BCUT2D eigenvalue weighted by Crippen LogP contribution is 2.24. The molecule has 0 spiro atoms. The van der Waals surface area contributed by atoms with Crippen LogP contribution < -0.4 is 11.3 Å². The molecule has 96 valence electrons. The van der Waals surface area contributed by atoms with E-state index in [1.165, 1.54) is 18.0 Å².